The van der Waals surface area contributed by atoms with Gasteiger partial charge >= 0.3 is 0 Å². The zero-order chi connectivity index (χ0) is 54.8. The maximum Gasteiger partial charge on any atom is 0.0541 e. The number of hydrogen-bond donors (Lipinski definition) is 0. The van der Waals surface area contributed by atoms with Crippen molar-refractivity contribution in [3.63, 3.8) is 0 Å². The molecule has 0 amide bonds. The van der Waals surface area contributed by atoms with Gasteiger partial charge in [-0.1, -0.05) is 210 Å². The van der Waals surface area contributed by atoms with Gasteiger partial charge in [0.25, 0.3) is 0 Å². The molecule has 82 heavy (non-hydrogen) atoms. The maximum absolute atomic E-state index is 2.42. The van der Waals surface area contributed by atoms with E-state index in [9.17, 15) is 0 Å². The van der Waals surface area contributed by atoms with Crippen LogP contribution >= 0.6 is 0 Å². The average molecular weight is 1050 g/mol. The molecule has 16 rings (SSSR count). The van der Waals surface area contributed by atoms with Crippen molar-refractivity contribution in [1.82, 2.24) is 4.57 Å². The minimum Gasteiger partial charge on any atom is -0.310 e. The third kappa shape index (κ3) is 7.55. The Balaban J connectivity index is 0.782. The number of aromatic nitrogens is 1. The summed E-state index contributed by atoms with van der Waals surface area (Å²) in [6.07, 6.45) is 0. The van der Waals surface area contributed by atoms with Crippen LogP contribution in [0.5, 0.6) is 0 Å². The molecule has 0 spiro atoms. The molecule has 1 aromatic heterocycles. The van der Waals surface area contributed by atoms with E-state index in [4.69, 9.17) is 0 Å². The number of nitrogens with zero attached hydrogens (tertiary/aromatic N) is 2. The third-order valence-electron chi connectivity index (χ3n) is 18.3. The molecule has 2 aliphatic rings. The Morgan fingerprint density at radius 3 is 1.12 bits per heavy atom. The number of rotatable bonds is 8. The minimum atomic E-state index is -0.0570. The first-order chi connectivity index (χ1) is 40.1. The van der Waals surface area contributed by atoms with E-state index in [2.05, 4.69) is 316 Å². The molecule has 1 heterocycles. The van der Waals surface area contributed by atoms with Crippen molar-refractivity contribution in [2.24, 2.45) is 0 Å². The van der Waals surface area contributed by atoms with Crippen LogP contribution in [0.1, 0.15) is 49.9 Å². The van der Waals surface area contributed by atoms with Crippen molar-refractivity contribution in [3.05, 3.63) is 301 Å². The summed E-state index contributed by atoms with van der Waals surface area (Å²) < 4.78 is 2.40. The van der Waals surface area contributed by atoms with Crippen LogP contribution < -0.4 is 4.90 Å². The fourth-order valence-corrected chi connectivity index (χ4v) is 14.0. The SMILES string of the molecule is CC1(C)c2ccccc2-c2ccc(-c3ccc4cc(N(c5ccc(-c6ccc7c(c6)c6cc(-c8ccccc8)ccc6n7-c6ccccc6)cc5)c5ccc6cc(-c7ccc8c(c7)C(C)(C)c7ccccc7-8)ccc6c5)ccc4c3)cc21. The summed E-state index contributed by atoms with van der Waals surface area (Å²) in [5, 5.41) is 7.28. The van der Waals surface area contributed by atoms with Gasteiger partial charge in [0.2, 0.25) is 0 Å². The predicted molar refractivity (Wildman–Crippen MR) is 347 cm³/mol. The number of benzene rings is 13. The molecule has 0 aliphatic heterocycles. The highest BCUT2D eigenvalue weighted by molar-refractivity contribution is 6.12. The van der Waals surface area contributed by atoms with E-state index >= 15 is 0 Å². The zero-order valence-corrected chi connectivity index (χ0v) is 46.5. The Morgan fingerprint density at radius 2 is 0.610 bits per heavy atom. The Kier molecular flexibility index (Phi) is 10.7. The maximum atomic E-state index is 2.42. The Morgan fingerprint density at radius 1 is 0.256 bits per heavy atom. The molecule has 0 atom stereocenters. The van der Waals surface area contributed by atoms with Crippen LogP contribution in [-0.2, 0) is 10.8 Å². The number of para-hydroxylation sites is 1. The lowest BCUT2D eigenvalue weighted by atomic mass is 9.81. The highest BCUT2D eigenvalue weighted by Crippen LogP contribution is 2.52. The lowest BCUT2D eigenvalue weighted by Gasteiger charge is -2.26. The summed E-state index contributed by atoms with van der Waals surface area (Å²) in [7, 11) is 0. The second kappa shape index (κ2) is 18.3. The van der Waals surface area contributed by atoms with Gasteiger partial charge in [-0.15, -0.1) is 0 Å². The molecule has 0 fully saturated rings. The molecule has 2 aliphatic carbocycles. The van der Waals surface area contributed by atoms with Gasteiger partial charge in [0, 0.05) is 44.4 Å². The number of anilines is 3. The summed E-state index contributed by atoms with van der Waals surface area (Å²) in [6, 6.07) is 104. The van der Waals surface area contributed by atoms with Gasteiger partial charge in [-0.25, -0.2) is 0 Å². The van der Waals surface area contributed by atoms with E-state index in [-0.39, 0.29) is 10.8 Å². The lowest BCUT2D eigenvalue weighted by molar-refractivity contribution is 0.660. The molecule has 0 unspecified atom stereocenters. The Hall–Kier alpha value is -10.0. The molecular weight excluding hydrogens is 989 g/mol. The molecule has 2 nitrogen and oxygen atoms in total. The molecule has 0 saturated heterocycles. The van der Waals surface area contributed by atoms with Crippen LogP contribution in [0.3, 0.4) is 0 Å². The first-order valence-electron chi connectivity index (χ1n) is 28.8. The van der Waals surface area contributed by atoms with Crippen molar-refractivity contribution in [2.75, 3.05) is 4.90 Å². The van der Waals surface area contributed by atoms with Gasteiger partial charge < -0.3 is 9.47 Å². The van der Waals surface area contributed by atoms with Gasteiger partial charge in [-0.05, 0) is 208 Å². The molecule has 0 saturated carbocycles. The van der Waals surface area contributed by atoms with Gasteiger partial charge in [-0.3, -0.25) is 0 Å². The van der Waals surface area contributed by atoms with Crippen molar-refractivity contribution >= 4 is 60.4 Å². The largest absolute Gasteiger partial charge is 0.310 e. The van der Waals surface area contributed by atoms with Gasteiger partial charge in [0.1, 0.15) is 0 Å². The smallest absolute Gasteiger partial charge is 0.0541 e. The quantitative estimate of drug-likeness (QED) is 0.147. The van der Waals surface area contributed by atoms with E-state index in [1.807, 2.05) is 0 Å². The predicted octanol–water partition coefficient (Wildman–Crippen LogP) is 21.8. The molecule has 0 N–H and O–H groups in total. The second-order valence-corrected chi connectivity index (χ2v) is 23.7. The highest BCUT2D eigenvalue weighted by Gasteiger charge is 2.36. The number of fused-ring (bicyclic) bond motifs is 11. The van der Waals surface area contributed by atoms with Crippen LogP contribution in [0.4, 0.5) is 17.1 Å². The van der Waals surface area contributed by atoms with E-state index in [1.54, 1.807) is 0 Å². The average Bonchev–Trinajstić information content (AvgIpc) is 2.93. The topological polar surface area (TPSA) is 8.17 Å². The summed E-state index contributed by atoms with van der Waals surface area (Å²) in [4.78, 5) is 2.42. The normalized spacial score (nSPS) is 13.6. The first-order valence-corrected chi connectivity index (χ1v) is 28.8. The molecule has 13 aromatic carbocycles. The molecule has 0 radical (unpaired) electrons. The van der Waals surface area contributed by atoms with Crippen LogP contribution in [0.25, 0.3) is 116 Å². The van der Waals surface area contributed by atoms with Crippen LogP contribution in [0, 0.1) is 0 Å². The monoisotopic (exact) mass is 1050 g/mol. The lowest BCUT2D eigenvalue weighted by Crippen LogP contribution is -2.14. The van der Waals surface area contributed by atoms with E-state index < -0.39 is 0 Å². The first kappa shape index (κ1) is 47.9. The Bertz CT molecular complexity index is 4710. The van der Waals surface area contributed by atoms with Crippen LogP contribution in [0.2, 0.25) is 0 Å². The van der Waals surface area contributed by atoms with Crippen LogP contribution in [0.15, 0.2) is 279 Å². The molecular formula is C80H58N2. The van der Waals surface area contributed by atoms with Crippen molar-refractivity contribution in [2.45, 2.75) is 38.5 Å². The fraction of sp³-hybridized carbons (Fsp3) is 0.0750. The van der Waals surface area contributed by atoms with Crippen LogP contribution in [-0.4, -0.2) is 4.57 Å². The van der Waals surface area contributed by atoms with Gasteiger partial charge in [0.05, 0.1) is 11.0 Å². The Labute approximate surface area is 479 Å². The van der Waals surface area contributed by atoms with Crippen molar-refractivity contribution in [1.29, 1.82) is 0 Å². The van der Waals surface area contributed by atoms with E-state index in [1.165, 1.54) is 132 Å². The molecule has 388 valence electrons. The zero-order valence-electron chi connectivity index (χ0n) is 46.5. The standard InChI is InChI=1S/C80H58N2/c1-79(2)73-21-13-11-19-67(73)69-39-31-61(49-75(69)79)53-23-25-57-45-65(37-29-55(57)43-53)81(66-38-30-56-44-54(24-26-58(56)46-66)62-32-40-70-68-20-12-14-22-74(68)80(3,4)76(70)50-62)64-35-27-52(28-36-64)60-34-42-78-72(48-60)71-47-59(51-15-7-5-8-16-51)33-41-77(71)82(78)63-17-9-6-10-18-63/h5-50H,1-4H3. The molecule has 2 heteroatoms. The van der Waals surface area contributed by atoms with Crippen molar-refractivity contribution < 1.29 is 0 Å². The van der Waals surface area contributed by atoms with Crippen molar-refractivity contribution in [3.8, 4) is 72.4 Å². The van der Waals surface area contributed by atoms with E-state index in [0.717, 1.165) is 22.7 Å². The van der Waals surface area contributed by atoms with Gasteiger partial charge in [-0.2, -0.15) is 0 Å². The summed E-state index contributed by atoms with van der Waals surface area (Å²) >= 11 is 0. The fourth-order valence-electron chi connectivity index (χ4n) is 14.0. The highest BCUT2D eigenvalue weighted by atomic mass is 15.1. The molecule has 0 bridgehead atoms. The van der Waals surface area contributed by atoms with Gasteiger partial charge in [0.15, 0.2) is 0 Å². The summed E-state index contributed by atoms with van der Waals surface area (Å²) in [5.41, 5.74) is 27.4. The second-order valence-electron chi connectivity index (χ2n) is 23.7. The van der Waals surface area contributed by atoms with E-state index in [0.29, 0.717) is 0 Å². The summed E-state index contributed by atoms with van der Waals surface area (Å²) in [6.45, 7) is 9.43. The third-order valence-corrected chi connectivity index (χ3v) is 18.3. The number of hydrogen-bond acceptors (Lipinski definition) is 1. The molecule has 14 aromatic rings. The minimum absolute atomic E-state index is 0.0570. The summed E-state index contributed by atoms with van der Waals surface area (Å²) in [5.74, 6) is 0.